The molecule has 0 spiro atoms. The number of carbonyl (C=O) groups is 1. The first kappa shape index (κ1) is 17.7. The molecule has 27 heavy (non-hydrogen) atoms. The van der Waals surface area contributed by atoms with Gasteiger partial charge in [-0.15, -0.1) is 0 Å². The van der Waals surface area contributed by atoms with Gasteiger partial charge < -0.3 is 10.4 Å². The van der Waals surface area contributed by atoms with E-state index in [1.54, 1.807) is 0 Å². The summed E-state index contributed by atoms with van der Waals surface area (Å²) in [5, 5.41) is 21.0. The van der Waals surface area contributed by atoms with Crippen LogP contribution in [0.15, 0.2) is 42.6 Å². The highest BCUT2D eigenvalue weighted by Crippen LogP contribution is 2.38. The van der Waals surface area contributed by atoms with Crippen molar-refractivity contribution in [3.63, 3.8) is 0 Å². The van der Waals surface area contributed by atoms with E-state index in [9.17, 15) is 9.90 Å². The third-order valence-corrected chi connectivity index (χ3v) is 5.26. The number of aliphatic hydroxyl groups excluding tert-OH is 1. The monoisotopic (exact) mass is 364 g/mol. The maximum absolute atomic E-state index is 12.8. The van der Waals surface area contributed by atoms with Crippen molar-refractivity contribution in [3.8, 4) is 0 Å². The minimum absolute atomic E-state index is 0.190. The minimum Gasteiger partial charge on any atom is -0.393 e. The lowest BCUT2D eigenvalue weighted by molar-refractivity contribution is 0.0234. The molecule has 1 amide bonds. The summed E-state index contributed by atoms with van der Waals surface area (Å²) in [4.78, 5) is 17.3. The van der Waals surface area contributed by atoms with E-state index >= 15 is 0 Å². The maximum Gasteiger partial charge on any atom is 0.272 e. The van der Waals surface area contributed by atoms with Crippen molar-refractivity contribution in [2.45, 2.75) is 44.8 Å². The van der Waals surface area contributed by atoms with Crippen LogP contribution < -0.4 is 5.32 Å². The first-order valence-electron chi connectivity index (χ1n) is 9.52. The van der Waals surface area contributed by atoms with Crippen molar-refractivity contribution in [2.75, 3.05) is 0 Å². The molecule has 0 aliphatic heterocycles. The average Bonchev–Trinajstić information content (AvgIpc) is 3.12. The smallest absolute Gasteiger partial charge is 0.272 e. The van der Waals surface area contributed by atoms with Crippen molar-refractivity contribution < 1.29 is 9.90 Å². The number of amides is 1. The number of benzene rings is 1. The Kier molecular flexibility index (Phi) is 4.90. The van der Waals surface area contributed by atoms with Crippen LogP contribution in [0.3, 0.4) is 0 Å². The van der Waals surface area contributed by atoms with E-state index in [0.717, 1.165) is 35.0 Å². The van der Waals surface area contributed by atoms with Gasteiger partial charge in [0.15, 0.2) is 0 Å². The number of hydrogen-bond donors (Lipinski definition) is 3. The van der Waals surface area contributed by atoms with Crippen molar-refractivity contribution in [3.05, 3.63) is 59.5 Å². The van der Waals surface area contributed by atoms with Crippen LogP contribution in [0.1, 0.15) is 54.0 Å². The third kappa shape index (κ3) is 3.71. The van der Waals surface area contributed by atoms with E-state index < -0.39 is 0 Å². The van der Waals surface area contributed by atoms with Gasteiger partial charge in [-0.25, -0.2) is 0 Å². The zero-order valence-electron chi connectivity index (χ0n) is 15.4. The molecule has 3 aromatic rings. The number of H-pyrrole nitrogens is 1. The molecular formula is C21H24N4O2. The predicted octanol–water partition coefficient (Wildman–Crippen LogP) is 3.15. The summed E-state index contributed by atoms with van der Waals surface area (Å²) < 4.78 is 0. The highest BCUT2D eigenvalue weighted by Gasteiger charge is 2.36. The number of nitrogens with zero attached hydrogens (tertiary/aromatic N) is 2. The molecule has 1 aromatic carbocycles. The number of pyridine rings is 1. The predicted molar refractivity (Wildman–Crippen MR) is 103 cm³/mol. The fourth-order valence-electron chi connectivity index (χ4n) is 3.72. The molecule has 1 saturated carbocycles. The molecule has 140 valence electrons. The molecule has 1 aliphatic carbocycles. The normalized spacial score (nSPS) is 20.2. The number of para-hydroxylation sites is 1. The number of nitrogens with one attached hydrogen (secondary N) is 2. The SMILES string of the molecule is CCCc1cc(C(=O)NC(c2cnc3ccccc3c2)C2CC(O)C2)n[nH]1. The maximum atomic E-state index is 12.8. The first-order valence-corrected chi connectivity index (χ1v) is 9.52. The molecule has 2 aromatic heterocycles. The highest BCUT2D eigenvalue weighted by molar-refractivity contribution is 5.92. The van der Waals surface area contributed by atoms with Crippen LogP contribution in [0.2, 0.25) is 0 Å². The molecule has 0 radical (unpaired) electrons. The van der Waals surface area contributed by atoms with Gasteiger partial charge in [-0.3, -0.25) is 14.9 Å². The largest absolute Gasteiger partial charge is 0.393 e. The number of rotatable bonds is 6. The number of fused-ring (bicyclic) bond motifs is 1. The number of aromatic amines is 1. The van der Waals surface area contributed by atoms with Crippen LogP contribution >= 0.6 is 0 Å². The molecule has 0 bridgehead atoms. The number of hydrogen-bond acceptors (Lipinski definition) is 4. The Morgan fingerprint density at radius 2 is 2.15 bits per heavy atom. The van der Waals surface area contributed by atoms with Gasteiger partial charge in [-0.05, 0) is 48.9 Å². The van der Waals surface area contributed by atoms with Crippen LogP contribution in [0.4, 0.5) is 0 Å². The second-order valence-electron chi connectivity index (χ2n) is 7.33. The first-order chi connectivity index (χ1) is 13.1. The fourth-order valence-corrected chi connectivity index (χ4v) is 3.72. The van der Waals surface area contributed by atoms with Gasteiger partial charge in [-0.2, -0.15) is 5.10 Å². The van der Waals surface area contributed by atoms with Crippen molar-refractivity contribution in [1.29, 1.82) is 0 Å². The van der Waals surface area contributed by atoms with E-state index in [-0.39, 0.29) is 24.0 Å². The standard InChI is InChI=1S/C21H24N4O2/c1-2-5-16-11-19(25-24-16)21(27)23-20(14-9-17(26)10-14)15-8-13-6-3-4-7-18(13)22-12-15/h3-4,6-8,11-12,14,17,20,26H,2,5,9-10H2,1H3,(H,23,27)(H,24,25). The molecule has 3 N–H and O–H groups in total. The average molecular weight is 364 g/mol. The quantitative estimate of drug-likeness (QED) is 0.627. The Morgan fingerprint density at radius 3 is 2.93 bits per heavy atom. The summed E-state index contributed by atoms with van der Waals surface area (Å²) in [7, 11) is 0. The van der Waals surface area contributed by atoms with E-state index in [2.05, 4.69) is 33.5 Å². The fraction of sp³-hybridized carbons (Fsp3) is 0.381. The Morgan fingerprint density at radius 1 is 1.33 bits per heavy atom. The summed E-state index contributed by atoms with van der Waals surface area (Å²) in [5.41, 5.74) is 3.25. The molecule has 1 unspecified atom stereocenters. The Labute approximate surface area is 158 Å². The van der Waals surface area contributed by atoms with E-state index in [0.29, 0.717) is 18.5 Å². The van der Waals surface area contributed by atoms with Gasteiger partial charge >= 0.3 is 0 Å². The van der Waals surface area contributed by atoms with Crippen LogP contribution in [0, 0.1) is 5.92 Å². The second kappa shape index (κ2) is 7.48. The van der Waals surface area contributed by atoms with Crippen LogP contribution in [0.5, 0.6) is 0 Å². The number of aromatic nitrogens is 3. The van der Waals surface area contributed by atoms with Crippen LogP contribution in [0.25, 0.3) is 10.9 Å². The lowest BCUT2D eigenvalue weighted by Gasteiger charge is -2.38. The number of aliphatic hydroxyl groups is 1. The lowest BCUT2D eigenvalue weighted by Crippen LogP contribution is -2.41. The zero-order chi connectivity index (χ0) is 18.8. The summed E-state index contributed by atoms with van der Waals surface area (Å²) in [5.74, 6) is -0.00545. The topological polar surface area (TPSA) is 90.9 Å². The zero-order valence-corrected chi connectivity index (χ0v) is 15.4. The van der Waals surface area contributed by atoms with Crippen LogP contribution in [-0.4, -0.2) is 32.3 Å². The van der Waals surface area contributed by atoms with E-state index in [1.165, 1.54) is 0 Å². The van der Waals surface area contributed by atoms with Crippen molar-refractivity contribution >= 4 is 16.8 Å². The van der Waals surface area contributed by atoms with E-state index in [4.69, 9.17) is 0 Å². The summed E-state index contributed by atoms with van der Waals surface area (Å²) in [6.45, 7) is 2.09. The summed E-state index contributed by atoms with van der Waals surface area (Å²) in [6.07, 6.45) is 4.76. The minimum atomic E-state index is -0.288. The van der Waals surface area contributed by atoms with Crippen molar-refractivity contribution in [1.82, 2.24) is 20.5 Å². The van der Waals surface area contributed by atoms with Gasteiger partial charge in [-0.1, -0.05) is 31.5 Å². The van der Waals surface area contributed by atoms with Gasteiger partial charge in [0.25, 0.3) is 5.91 Å². The number of carbonyl (C=O) groups excluding carboxylic acids is 1. The van der Waals surface area contributed by atoms with Crippen molar-refractivity contribution in [2.24, 2.45) is 5.92 Å². The molecular weight excluding hydrogens is 340 g/mol. The molecule has 2 heterocycles. The summed E-state index contributed by atoms with van der Waals surface area (Å²) >= 11 is 0. The summed E-state index contributed by atoms with van der Waals surface area (Å²) in [6, 6.07) is 11.6. The molecule has 4 rings (SSSR count). The molecule has 6 nitrogen and oxygen atoms in total. The second-order valence-corrected chi connectivity index (χ2v) is 7.33. The Hall–Kier alpha value is -2.73. The Balaban J connectivity index is 1.59. The van der Waals surface area contributed by atoms with Gasteiger partial charge in [0.05, 0.1) is 17.7 Å². The Bertz CT molecular complexity index is 946. The van der Waals surface area contributed by atoms with Gasteiger partial charge in [0.1, 0.15) is 5.69 Å². The molecule has 1 fully saturated rings. The van der Waals surface area contributed by atoms with Crippen LogP contribution in [-0.2, 0) is 6.42 Å². The van der Waals surface area contributed by atoms with E-state index in [1.807, 2.05) is 36.5 Å². The van der Waals surface area contributed by atoms with Gasteiger partial charge in [0.2, 0.25) is 0 Å². The third-order valence-electron chi connectivity index (χ3n) is 5.26. The highest BCUT2D eigenvalue weighted by atomic mass is 16.3. The number of aryl methyl sites for hydroxylation is 1. The van der Waals surface area contributed by atoms with Gasteiger partial charge in [0, 0.05) is 17.3 Å². The molecule has 6 heteroatoms. The molecule has 1 atom stereocenters. The molecule has 1 aliphatic rings. The molecule has 0 saturated heterocycles. The lowest BCUT2D eigenvalue weighted by atomic mass is 9.75.